The highest BCUT2D eigenvalue weighted by Gasteiger charge is 2.14. The smallest absolute Gasteiger partial charge is 0.124 e. The zero-order valence-corrected chi connectivity index (χ0v) is 20.5. The normalized spacial score (nSPS) is 11.7. The van der Waals surface area contributed by atoms with E-state index in [2.05, 4.69) is 90.8 Å². The summed E-state index contributed by atoms with van der Waals surface area (Å²) in [6, 6.07) is 10.6. The van der Waals surface area contributed by atoms with Crippen LogP contribution in [-0.4, -0.2) is 4.98 Å². The Morgan fingerprint density at radius 1 is 0.645 bits per heavy atom. The fourth-order valence-electron chi connectivity index (χ4n) is 4.03. The van der Waals surface area contributed by atoms with E-state index in [1.54, 1.807) is 11.3 Å². The molecular weight excluding hydrogens is 398 g/mol. The van der Waals surface area contributed by atoms with Gasteiger partial charge in [0.2, 0.25) is 0 Å². The lowest BCUT2D eigenvalue weighted by atomic mass is 9.93. The summed E-state index contributed by atoms with van der Waals surface area (Å²) in [5, 5.41) is 10.4. The Morgan fingerprint density at radius 2 is 1.29 bits per heavy atom. The lowest BCUT2D eigenvalue weighted by Crippen LogP contribution is -1.95. The third-order valence-corrected chi connectivity index (χ3v) is 7.80. The molecule has 31 heavy (non-hydrogen) atoms. The van der Waals surface area contributed by atoms with Crippen molar-refractivity contribution in [2.45, 2.75) is 55.4 Å². The second-order valence-electron chi connectivity index (χ2n) is 8.55. The summed E-state index contributed by atoms with van der Waals surface area (Å²) in [5.74, 6) is 0. The minimum atomic E-state index is 0.910. The Morgan fingerprint density at radius 3 is 1.97 bits per heavy atom. The summed E-state index contributed by atoms with van der Waals surface area (Å²) in [7, 11) is 0. The van der Waals surface area contributed by atoms with E-state index < -0.39 is 0 Å². The monoisotopic (exact) mass is 427 g/mol. The Labute approximate surface area is 188 Å². The number of rotatable bonds is 3. The molecule has 0 atom stereocenters. The maximum absolute atomic E-state index is 4.86. The average Bonchev–Trinajstić information content (AvgIpc) is 3.16. The number of aryl methyl sites for hydroxylation is 1. The first kappa shape index (κ1) is 21.4. The molecule has 1 heterocycles. The molecule has 0 aliphatic rings. The number of benzene rings is 3. The fraction of sp³-hybridized carbons (Fsp3) is 0.296. The van der Waals surface area contributed by atoms with Gasteiger partial charge >= 0.3 is 0 Å². The van der Waals surface area contributed by atoms with Gasteiger partial charge in [0, 0.05) is 5.56 Å². The van der Waals surface area contributed by atoms with Crippen LogP contribution in [0, 0.1) is 55.4 Å². The van der Waals surface area contributed by atoms with Crippen molar-refractivity contribution in [1.29, 1.82) is 0 Å². The van der Waals surface area contributed by atoms with Gasteiger partial charge in [-0.15, -0.1) is 16.5 Å². The van der Waals surface area contributed by atoms with E-state index in [9.17, 15) is 0 Å². The molecule has 0 spiro atoms. The van der Waals surface area contributed by atoms with Crippen LogP contribution >= 0.6 is 11.3 Å². The highest BCUT2D eigenvalue weighted by Crippen LogP contribution is 2.38. The quantitative estimate of drug-likeness (QED) is 0.301. The number of hydrogen-bond donors (Lipinski definition) is 0. The Kier molecular flexibility index (Phi) is 5.52. The van der Waals surface area contributed by atoms with Crippen molar-refractivity contribution >= 4 is 32.9 Å². The van der Waals surface area contributed by atoms with E-state index >= 15 is 0 Å². The molecule has 1 aromatic heterocycles. The van der Waals surface area contributed by atoms with Gasteiger partial charge in [-0.2, -0.15) is 5.11 Å². The maximum atomic E-state index is 4.86. The second-order valence-corrected chi connectivity index (χ2v) is 9.58. The van der Waals surface area contributed by atoms with Crippen LogP contribution in [0.25, 0.3) is 20.8 Å². The first-order valence-electron chi connectivity index (χ1n) is 10.7. The molecule has 0 bridgehead atoms. The third kappa shape index (κ3) is 3.70. The molecule has 0 saturated heterocycles. The number of nitrogens with zero attached hydrogens (tertiary/aromatic N) is 3. The first-order valence-corrected chi connectivity index (χ1v) is 11.5. The zero-order valence-electron chi connectivity index (χ0n) is 19.6. The predicted molar refractivity (Wildman–Crippen MR) is 134 cm³/mol. The average molecular weight is 428 g/mol. The number of azo groups is 1. The molecule has 158 valence electrons. The molecule has 4 rings (SSSR count). The van der Waals surface area contributed by atoms with Gasteiger partial charge in [0.1, 0.15) is 5.01 Å². The standard InChI is InChI=1S/C27H29N3S/c1-14-9-11-24-25(13-14)31-27(28-24)22-10-12-23(19(6)18(22)5)29-30-26-20(7)16(3)15(2)17(4)21(26)8/h9-13H,1-8H3/b30-29+. The molecule has 0 N–H and O–H groups in total. The molecule has 4 aromatic rings. The minimum absolute atomic E-state index is 0.910. The summed E-state index contributed by atoms with van der Waals surface area (Å²) in [5.41, 5.74) is 14.1. The summed E-state index contributed by atoms with van der Waals surface area (Å²) < 4.78 is 1.23. The lowest BCUT2D eigenvalue weighted by molar-refractivity contribution is 1.11. The minimum Gasteiger partial charge on any atom is -0.236 e. The van der Waals surface area contributed by atoms with E-state index in [-0.39, 0.29) is 0 Å². The molecule has 0 unspecified atom stereocenters. The number of thiazole rings is 1. The van der Waals surface area contributed by atoms with Crippen LogP contribution < -0.4 is 0 Å². The number of hydrogen-bond acceptors (Lipinski definition) is 4. The van der Waals surface area contributed by atoms with Crippen molar-refractivity contribution in [3.05, 3.63) is 74.8 Å². The van der Waals surface area contributed by atoms with E-state index in [1.807, 2.05) is 0 Å². The highest BCUT2D eigenvalue weighted by atomic mass is 32.1. The molecule has 0 aliphatic carbocycles. The molecule has 0 fully saturated rings. The summed E-state index contributed by atoms with van der Waals surface area (Å²) in [6.07, 6.45) is 0. The van der Waals surface area contributed by atoms with Crippen LogP contribution in [-0.2, 0) is 0 Å². The van der Waals surface area contributed by atoms with Gasteiger partial charge in [0.25, 0.3) is 0 Å². The predicted octanol–water partition coefficient (Wildman–Crippen LogP) is 8.85. The van der Waals surface area contributed by atoms with Crippen LogP contribution in [0.2, 0.25) is 0 Å². The number of aromatic nitrogens is 1. The molecule has 3 aromatic carbocycles. The largest absolute Gasteiger partial charge is 0.236 e. The van der Waals surface area contributed by atoms with Crippen molar-refractivity contribution < 1.29 is 0 Å². The van der Waals surface area contributed by atoms with Crippen LogP contribution in [0.5, 0.6) is 0 Å². The molecule has 0 aliphatic heterocycles. The van der Waals surface area contributed by atoms with E-state index in [1.165, 1.54) is 49.2 Å². The molecular formula is C27H29N3S. The SMILES string of the molecule is Cc1ccc2nc(-c3ccc(/N=N/c4c(C)c(C)c(C)c(C)c4C)c(C)c3C)sc2c1. The van der Waals surface area contributed by atoms with Crippen LogP contribution in [0.3, 0.4) is 0 Å². The van der Waals surface area contributed by atoms with Gasteiger partial charge in [0.15, 0.2) is 0 Å². The van der Waals surface area contributed by atoms with Crippen molar-refractivity contribution in [2.24, 2.45) is 10.2 Å². The fourth-order valence-corrected chi connectivity index (χ4v) is 5.17. The Bertz CT molecular complexity index is 1330. The molecule has 0 radical (unpaired) electrons. The van der Waals surface area contributed by atoms with Gasteiger partial charge in [0.05, 0.1) is 21.6 Å². The summed E-state index contributed by atoms with van der Waals surface area (Å²) in [4.78, 5) is 4.86. The second kappa shape index (κ2) is 8.01. The third-order valence-electron chi connectivity index (χ3n) is 6.75. The highest BCUT2D eigenvalue weighted by molar-refractivity contribution is 7.21. The molecule has 0 amide bonds. The van der Waals surface area contributed by atoms with Gasteiger partial charge in [-0.25, -0.2) is 4.98 Å². The van der Waals surface area contributed by atoms with Gasteiger partial charge in [-0.3, -0.25) is 0 Å². The number of fused-ring (bicyclic) bond motifs is 1. The molecule has 3 nitrogen and oxygen atoms in total. The Hall–Kier alpha value is -2.85. The Balaban J connectivity index is 1.74. The summed E-state index contributed by atoms with van der Waals surface area (Å²) in [6.45, 7) is 17.2. The van der Waals surface area contributed by atoms with Crippen LogP contribution in [0.15, 0.2) is 40.6 Å². The van der Waals surface area contributed by atoms with Crippen LogP contribution in [0.4, 0.5) is 11.4 Å². The first-order chi connectivity index (χ1) is 14.7. The maximum Gasteiger partial charge on any atom is 0.124 e. The van der Waals surface area contributed by atoms with Gasteiger partial charge in [-0.1, -0.05) is 6.07 Å². The molecule has 0 saturated carbocycles. The summed E-state index contributed by atoms with van der Waals surface area (Å²) >= 11 is 1.75. The van der Waals surface area contributed by atoms with Gasteiger partial charge < -0.3 is 0 Å². The van der Waals surface area contributed by atoms with Gasteiger partial charge in [-0.05, 0) is 124 Å². The van der Waals surface area contributed by atoms with E-state index in [0.717, 1.165) is 27.5 Å². The van der Waals surface area contributed by atoms with Crippen molar-refractivity contribution in [2.75, 3.05) is 0 Å². The zero-order chi connectivity index (χ0) is 22.4. The van der Waals surface area contributed by atoms with E-state index in [4.69, 9.17) is 10.1 Å². The van der Waals surface area contributed by atoms with Crippen molar-refractivity contribution in [3.8, 4) is 10.6 Å². The van der Waals surface area contributed by atoms with E-state index in [0.29, 0.717) is 0 Å². The topological polar surface area (TPSA) is 37.6 Å². The van der Waals surface area contributed by atoms with Crippen LogP contribution in [0.1, 0.15) is 44.5 Å². The van der Waals surface area contributed by atoms with Crippen molar-refractivity contribution in [1.82, 2.24) is 4.98 Å². The van der Waals surface area contributed by atoms with Crippen molar-refractivity contribution in [3.63, 3.8) is 0 Å². The molecule has 4 heteroatoms. The lowest BCUT2D eigenvalue weighted by Gasteiger charge is -2.15.